The number of halogens is 3. The molecule has 4 N–H and O–H groups in total. The summed E-state index contributed by atoms with van der Waals surface area (Å²) in [5.74, 6) is -1.89. The maximum absolute atomic E-state index is 13.0. The number of aromatic carboxylic acids is 1. The summed E-state index contributed by atoms with van der Waals surface area (Å²) in [4.78, 5) is 49.3. The van der Waals surface area contributed by atoms with Crippen molar-refractivity contribution < 1.29 is 38.5 Å². The van der Waals surface area contributed by atoms with Crippen molar-refractivity contribution in [3.05, 3.63) is 92.2 Å². The molecule has 3 aromatic rings. The summed E-state index contributed by atoms with van der Waals surface area (Å²) in [5.41, 5.74) is 3.32. The summed E-state index contributed by atoms with van der Waals surface area (Å²) in [6.45, 7) is 3.03. The molecule has 15 heteroatoms. The predicted molar refractivity (Wildman–Crippen MR) is 209 cm³/mol. The topological polar surface area (TPSA) is 164 Å². The number of benzene rings is 4. The minimum absolute atomic E-state index is 0.0540. The van der Waals surface area contributed by atoms with Gasteiger partial charge in [0.05, 0.1) is 20.4 Å². The van der Waals surface area contributed by atoms with E-state index in [0.717, 1.165) is 9.13 Å². The minimum atomic E-state index is -1.22. The molecule has 0 radical (unpaired) electrons. The second-order valence-electron chi connectivity index (χ2n) is 10.3. The normalized spacial score (nSPS) is 10.9. The highest BCUT2D eigenvalue weighted by molar-refractivity contribution is 14.1. The van der Waals surface area contributed by atoms with Crippen LogP contribution in [0.2, 0.25) is 0 Å². The number of rotatable bonds is 8. The van der Waals surface area contributed by atoms with Crippen molar-refractivity contribution in [3.8, 4) is 28.2 Å². The van der Waals surface area contributed by atoms with E-state index in [1.54, 1.807) is 24.3 Å². The van der Waals surface area contributed by atoms with Crippen molar-refractivity contribution in [2.75, 3.05) is 23.8 Å². The SMILES string of the molecule is CC(=O)Nc1c(I)c(C)c(I)c(C(=O)OCCOC(=S)Nc2ccc(-c3c4ccc(=O)cc-4oc4cc(O)ccc34)c(C(=O)O)c2)c1I. The van der Waals surface area contributed by atoms with Crippen LogP contribution in [0.5, 0.6) is 5.75 Å². The number of carboxylic acids is 1. The van der Waals surface area contributed by atoms with E-state index < -0.39 is 11.9 Å². The van der Waals surface area contributed by atoms with Crippen molar-refractivity contribution in [1.29, 1.82) is 0 Å². The molecular formula is C33H23I3N2O9S. The molecule has 2 aliphatic rings. The molecule has 0 bridgehead atoms. The lowest BCUT2D eigenvalue weighted by Gasteiger charge is -2.18. The molecule has 11 nitrogen and oxygen atoms in total. The van der Waals surface area contributed by atoms with Crippen LogP contribution in [0.25, 0.3) is 33.4 Å². The van der Waals surface area contributed by atoms with Gasteiger partial charge in [0.25, 0.3) is 5.17 Å². The molecule has 0 atom stereocenters. The Morgan fingerprint density at radius 1 is 0.896 bits per heavy atom. The number of nitrogens with one attached hydrogen (secondary N) is 2. The van der Waals surface area contributed by atoms with Gasteiger partial charge in [-0.2, -0.15) is 0 Å². The average Bonchev–Trinajstić information content (AvgIpc) is 3.03. The molecule has 1 aliphatic carbocycles. The maximum atomic E-state index is 13.0. The Bertz CT molecular complexity index is 2190. The van der Waals surface area contributed by atoms with Crippen molar-refractivity contribution in [1.82, 2.24) is 0 Å². The average molecular weight is 1000 g/mol. The molecular weight excluding hydrogens is 981 g/mol. The zero-order valence-corrected chi connectivity index (χ0v) is 32.2. The number of hydrogen-bond donors (Lipinski definition) is 4. The highest BCUT2D eigenvalue weighted by Gasteiger charge is 2.25. The first kappa shape index (κ1) is 35.7. The van der Waals surface area contributed by atoms with Gasteiger partial charge in [0.15, 0.2) is 5.43 Å². The lowest BCUT2D eigenvalue weighted by atomic mass is 9.90. The minimum Gasteiger partial charge on any atom is -0.508 e. The summed E-state index contributed by atoms with van der Waals surface area (Å²) in [5, 5.41) is 26.3. The Morgan fingerprint density at radius 3 is 2.31 bits per heavy atom. The maximum Gasteiger partial charge on any atom is 0.340 e. The third kappa shape index (κ3) is 7.52. The van der Waals surface area contributed by atoms with Gasteiger partial charge in [0, 0.05) is 48.4 Å². The largest absolute Gasteiger partial charge is 0.508 e. The highest BCUT2D eigenvalue weighted by Crippen LogP contribution is 2.42. The number of esters is 1. The van der Waals surface area contributed by atoms with Crippen LogP contribution in [0, 0.1) is 17.6 Å². The summed E-state index contributed by atoms with van der Waals surface area (Å²) < 4.78 is 18.9. The standard InChI is InChI=1S/C33H23I3N2O9S/c1-14-27(34)26(29(36)30(28(14)35)37-15(2)39)32(44)45-9-10-46-33(48)38-16-3-6-19(22(11-16)31(42)43)25-20-7-4-17(40)12-23(20)47-24-13-18(41)5-8-21(24)25/h3-8,11-13,40H,9-10H2,1-2H3,(H,37,39)(H,38,48)(H,42,43). The summed E-state index contributed by atoms with van der Waals surface area (Å²) in [7, 11) is 0. The Kier molecular flexibility index (Phi) is 11.1. The van der Waals surface area contributed by atoms with Gasteiger partial charge < -0.3 is 34.7 Å². The number of carbonyl (C=O) groups is 3. The van der Waals surface area contributed by atoms with Gasteiger partial charge in [-0.3, -0.25) is 9.59 Å². The second kappa shape index (κ2) is 14.9. The predicted octanol–water partition coefficient (Wildman–Crippen LogP) is 7.62. The molecule has 0 saturated carbocycles. The van der Waals surface area contributed by atoms with E-state index in [2.05, 4.69) is 55.8 Å². The first-order chi connectivity index (χ1) is 22.8. The molecule has 0 fully saturated rings. The zero-order chi connectivity index (χ0) is 34.9. The monoisotopic (exact) mass is 1000 g/mol. The van der Waals surface area contributed by atoms with Crippen LogP contribution in [-0.4, -0.2) is 46.4 Å². The number of aromatic hydroxyl groups is 1. The number of thiocarbonyl (C=S) groups is 1. The van der Waals surface area contributed by atoms with Crippen LogP contribution in [0.1, 0.15) is 33.2 Å². The van der Waals surface area contributed by atoms with Gasteiger partial charge >= 0.3 is 11.9 Å². The van der Waals surface area contributed by atoms with Crippen LogP contribution in [-0.2, 0) is 14.3 Å². The van der Waals surface area contributed by atoms with E-state index in [9.17, 15) is 29.4 Å². The fraction of sp³-hybridized carbons (Fsp3) is 0.121. The number of ether oxygens (including phenoxy) is 2. The van der Waals surface area contributed by atoms with Crippen LogP contribution in [0.3, 0.4) is 0 Å². The zero-order valence-electron chi connectivity index (χ0n) is 24.9. The van der Waals surface area contributed by atoms with E-state index >= 15 is 0 Å². The molecule has 5 rings (SSSR count). The molecule has 0 saturated heterocycles. The van der Waals surface area contributed by atoms with Crippen LogP contribution >= 0.6 is 80.0 Å². The number of amides is 1. The van der Waals surface area contributed by atoms with E-state index in [0.29, 0.717) is 46.2 Å². The molecule has 1 amide bonds. The molecule has 1 heterocycles. The van der Waals surface area contributed by atoms with Gasteiger partial charge in [0.2, 0.25) is 5.91 Å². The summed E-state index contributed by atoms with van der Waals surface area (Å²) in [6, 6.07) is 13.3. The van der Waals surface area contributed by atoms with Gasteiger partial charge in [0.1, 0.15) is 30.3 Å². The molecule has 0 spiro atoms. The Labute approximate surface area is 319 Å². The van der Waals surface area contributed by atoms with E-state index in [1.807, 2.05) is 29.5 Å². The Morgan fingerprint density at radius 2 is 1.60 bits per heavy atom. The molecule has 0 aromatic heterocycles. The quantitative estimate of drug-likeness (QED) is 0.0398. The number of phenols is 1. The van der Waals surface area contributed by atoms with Crippen molar-refractivity contribution in [2.45, 2.75) is 13.8 Å². The Balaban J connectivity index is 1.32. The van der Waals surface area contributed by atoms with Crippen molar-refractivity contribution in [3.63, 3.8) is 0 Å². The number of carboxylic acid groups (broad SMARTS) is 1. The van der Waals surface area contributed by atoms with E-state index in [1.165, 1.54) is 37.3 Å². The summed E-state index contributed by atoms with van der Waals surface area (Å²) >= 11 is 11.5. The lowest BCUT2D eigenvalue weighted by Crippen LogP contribution is -2.20. The highest BCUT2D eigenvalue weighted by atomic mass is 127. The van der Waals surface area contributed by atoms with Crippen molar-refractivity contribution >= 4 is 125 Å². The van der Waals surface area contributed by atoms with Gasteiger partial charge in [-0.05, 0) is 134 Å². The number of fused-ring (bicyclic) bond motifs is 2. The molecule has 3 aromatic carbocycles. The number of anilines is 2. The van der Waals surface area contributed by atoms with E-state index in [-0.39, 0.29) is 52.4 Å². The van der Waals surface area contributed by atoms with Crippen LogP contribution in [0.15, 0.2) is 63.8 Å². The van der Waals surface area contributed by atoms with Gasteiger partial charge in [-0.1, -0.05) is 6.07 Å². The first-order valence-corrected chi connectivity index (χ1v) is 17.5. The van der Waals surface area contributed by atoms with Crippen LogP contribution in [0.4, 0.5) is 11.4 Å². The Hall–Kier alpha value is -3.56. The third-order valence-electron chi connectivity index (χ3n) is 7.03. The van der Waals surface area contributed by atoms with Gasteiger partial charge in [-0.15, -0.1) is 0 Å². The second-order valence-corrected chi connectivity index (χ2v) is 13.9. The van der Waals surface area contributed by atoms with E-state index in [4.69, 9.17) is 26.1 Å². The molecule has 0 unspecified atom stereocenters. The first-order valence-electron chi connectivity index (χ1n) is 13.9. The smallest absolute Gasteiger partial charge is 0.340 e. The molecule has 246 valence electrons. The van der Waals surface area contributed by atoms with Crippen molar-refractivity contribution in [2.24, 2.45) is 0 Å². The molecule has 48 heavy (non-hydrogen) atoms. The van der Waals surface area contributed by atoms with Crippen LogP contribution < -0.4 is 16.1 Å². The molecule has 1 aliphatic heterocycles. The summed E-state index contributed by atoms with van der Waals surface area (Å²) in [6.07, 6.45) is 0. The fourth-order valence-electron chi connectivity index (χ4n) is 4.92. The fourth-order valence-corrected chi connectivity index (χ4v) is 8.99. The van der Waals surface area contributed by atoms with Gasteiger partial charge in [-0.25, -0.2) is 9.59 Å². The number of phenolic OH excluding ortho intramolecular Hbond substituents is 1. The number of carbonyl (C=O) groups excluding carboxylic acids is 2. The number of hydrogen-bond acceptors (Lipinski definition) is 9. The third-order valence-corrected chi connectivity index (χ3v) is 11.0. The lowest BCUT2D eigenvalue weighted by molar-refractivity contribution is -0.114.